The average Bonchev–Trinajstić information content (AvgIpc) is 2.35. The lowest BCUT2D eigenvalue weighted by Crippen LogP contribution is -2.39. The molecule has 2 N–H and O–H groups in total. The zero-order valence-electron chi connectivity index (χ0n) is 11.5. The second-order valence-corrected chi connectivity index (χ2v) is 4.78. The number of aryl methyl sites for hydroxylation is 1. The molecule has 0 aliphatic rings. The minimum Gasteiger partial charge on any atom is -0.481 e. The largest absolute Gasteiger partial charge is 0.481 e. The maximum atomic E-state index is 11.9. The number of aliphatic carboxylic acids is 1. The summed E-state index contributed by atoms with van der Waals surface area (Å²) >= 11 is 0. The van der Waals surface area contributed by atoms with Gasteiger partial charge in [0, 0.05) is 25.7 Å². The summed E-state index contributed by atoms with van der Waals surface area (Å²) in [5.41, 5.74) is 1.93. The molecule has 1 unspecified atom stereocenters. The number of hydrogen-bond acceptors (Lipinski definition) is 2. The van der Waals surface area contributed by atoms with Gasteiger partial charge in [-0.2, -0.15) is 0 Å². The van der Waals surface area contributed by atoms with E-state index in [1.807, 2.05) is 31.2 Å². The minimum absolute atomic E-state index is 0.0501. The van der Waals surface area contributed by atoms with E-state index in [0.29, 0.717) is 6.54 Å². The Balaban J connectivity index is 2.49. The predicted octanol–water partition coefficient (Wildman–Crippen LogP) is 2.25. The van der Waals surface area contributed by atoms with Crippen LogP contribution in [-0.4, -0.2) is 30.7 Å². The van der Waals surface area contributed by atoms with Crippen molar-refractivity contribution in [2.75, 3.05) is 18.5 Å². The number of urea groups is 1. The molecule has 5 nitrogen and oxygen atoms in total. The number of benzene rings is 1. The fourth-order valence-electron chi connectivity index (χ4n) is 1.64. The van der Waals surface area contributed by atoms with Crippen LogP contribution in [0.5, 0.6) is 0 Å². The second kappa shape index (κ2) is 6.78. The Labute approximate surface area is 113 Å². The van der Waals surface area contributed by atoms with Gasteiger partial charge in [0.15, 0.2) is 0 Å². The van der Waals surface area contributed by atoms with Gasteiger partial charge in [-0.25, -0.2) is 4.79 Å². The Bertz CT molecular complexity index is 443. The van der Waals surface area contributed by atoms with E-state index in [4.69, 9.17) is 5.11 Å². The molecule has 0 saturated heterocycles. The molecule has 104 valence electrons. The van der Waals surface area contributed by atoms with Crippen LogP contribution in [0, 0.1) is 12.8 Å². The Morgan fingerprint density at radius 2 is 1.89 bits per heavy atom. The monoisotopic (exact) mass is 264 g/mol. The average molecular weight is 264 g/mol. The van der Waals surface area contributed by atoms with Crippen LogP contribution in [0.4, 0.5) is 10.5 Å². The van der Waals surface area contributed by atoms with E-state index in [-0.39, 0.29) is 18.4 Å². The molecule has 0 heterocycles. The summed E-state index contributed by atoms with van der Waals surface area (Å²) in [6.45, 7) is 4.12. The van der Waals surface area contributed by atoms with E-state index in [9.17, 15) is 9.59 Å². The lowest BCUT2D eigenvalue weighted by molar-refractivity contribution is -0.137. The summed E-state index contributed by atoms with van der Waals surface area (Å²) in [4.78, 5) is 23.9. The quantitative estimate of drug-likeness (QED) is 0.857. The molecule has 19 heavy (non-hydrogen) atoms. The zero-order valence-corrected chi connectivity index (χ0v) is 11.5. The number of amides is 2. The predicted molar refractivity (Wildman–Crippen MR) is 74.4 cm³/mol. The van der Waals surface area contributed by atoms with Gasteiger partial charge in [0.1, 0.15) is 0 Å². The van der Waals surface area contributed by atoms with Crippen LogP contribution >= 0.6 is 0 Å². The van der Waals surface area contributed by atoms with Crippen LogP contribution in [0.1, 0.15) is 18.9 Å². The standard InChI is InChI=1S/C14H20N2O3/c1-10-4-6-12(7-5-10)16(3)14(19)15-9-11(2)8-13(17)18/h4-7,11H,8-9H2,1-3H3,(H,15,19)(H,17,18). The topological polar surface area (TPSA) is 69.6 Å². The summed E-state index contributed by atoms with van der Waals surface area (Å²) in [6, 6.07) is 7.38. The highest BCUT2D eigenvalue weighted by Crippen LogP contribution is 2.13. The number of carbonyl (C=O) groups is 2. The first kappa shape index (κ1) is 15.0. The van der Waals surface area contributed by atoms with Gasteiger partial charge in [-0.05, 0) is 25.0 Å². The molecule has 0 spiro atoms. The van der Waals surface area contributed by atoms with Crippen LogP contribution in [-0.2, 0) is 4.79 Å². The van der Waals surface area contributed by atoms with E-state index < -0.39 is 5.97 Å². The molecule has 2 amide bonds. The van der Waals surface area contributed by atoms with Crippen LogP contribution in [0.3, 0.4) is 0 Å². The molecule has 0 aliphatic heterocycles. The molecule has 1 atom stereocenters. The van der Waals surface area contributed by atoms with Gasteiger partial charge >= 0.3 is 12.0 Å². The smallest absolute Gasteiger partial charge is 0.321 e. The van der Waals surface area contributed by atoms with Crippen molar-refractivity contribution in [3.63, 3.8) is 0 Å². The van der Waals surface area contributed by atoms with E-state index in [2.05, 4.69) is 5.32 Å². The van der Waals surface area contributed by atoms with E-state index in [0.717, 1.165) is 11.3 Å². The van der Waals surface area contributed by atoms with Crippen molar-refractivity contribution in [1.82, 2.24) is 5.32 Å². The fraction of sp³-hybridized carbons (Fsp3) is 0.429. The summed E-state index contributed by atoms with van der Waals surface area (Å²) < 4.78 is 0. The number of nitrogens with one attached hydrogen (secondary N) is 1. The van der Waals surface area contributed by atoms with Crippen LogP contribution in [0.2, 0.25) is 0 Å². The molecule has 1 aromatic carbocycles. The molecule has 1 aromatic rings. The number of hydrogen-bond donors (Lipinski definition) is 2. The molecule has 0 aromatic heterocycles. The maximum Gasteiger partial charge on any atom is 0.321 e. The van der Waals surface area contributed by atoms with Gasteiger partial charge < -0.3 is 10.4 Å². The lowest BCUT2D eigenvalue weighted by atomic mass is 10.1. The third kappa shape index (κ3) is 4.99. The van der Waals surface area contributed by atoms with Crippen molar-refractivity contribution in [2.24, 2.45) is 5.92 Å². The van der Waals surface area contributed by atoms with E-state index in [1.54, 1.807) is 14.0 Å². The van der Waals surface area contributed by atoms with Gasteiger partial charge in [-0.15, -0.1) is 0 Å². The third-order valence-electron chi connectivity index (χ3n) is 2.85. The van der Waals surface area contributed by atoms with E-state index >= 15 is 0 Å². The molecular weight excluding hydrogens is 244 g/mol. The number of anilines is 1. The van der Waals surface area contributed by atoms with Crippen LogP contribution < -0.4 is 10.2 Å². The van der Waals surface area contributed by atoms with Gasteiger partial charge in [0.2, 0.25) is 0 Å². The van der Waals surface area contributed by atoms with Gasteiger partial charge in [0.25, 0.3) is 0 Å². The Morgan fingerprint density at radius 1 is 1.32 bits per heavy atom. The molecule has 0 fully saturated rings. The SMILES string of the molecule is Cc1ccc(N(C)C(=O)NCC(C)CC(=O)O)cc1. The Morgan fingerprint density at radius 3 is 2.42 bits per heavy atom. The fourth-order valence-corrected chi connectivity index (χ4v) is 1.64. The summed E-state index contributed by atoms with van der Waals surface area (Å²) in [7, 11) is 1.68. The Kier molecular flexibility index (Phi) is 5.36. The second-order valence-electron chi connectivity index (χ2n) is 4.78. The zero-order chi connectivity index (χ0) is 14.4. The molecule has 0 radical (unpaired) electrons. The maximum absolute atomic E-state index is 11.9. The number of carboxylic acids is 1. The van der Waals surface area contributed by atoms with Crippen molar-refractivity contribution in [3.05, 3.63) is 29.8 Å². The minimum atomic E-state index is -0.853. The molecule has 1 rings (SSSR count). The third-order valence-corrected chi connectivity index (χ3v) is 2.85. The highest BCUT2D eigenvalue weighted by atomic mass is 16.4. The number of rotatable bonds is 5. The first-order valence-corrected chi connectivity index (χ1v) is 6.20. The van der Waals surface area contributed by atoms with Crippen LogP contribution in [0.15, 0.2) is 24.3 Å². The van der Waals surface area contributed by atoms with Crippen molar-refractivity contribution in [3.8, 4) is 0 Å². The molecule has 5 heteroatoms. The number of carboxylic acid groups (broad SMARTS) is 1. The summed E-state index contributed by atoms with van der Waals surface area (Å²) in [5.74, 6) is -0.943. The van der Waals surface area contributed by atoms with Gasteiger partial charge in [-0.3, -0.25) is 9.69 Å². The molecule has 0 aliphatic carbocycles. The van der Waals surface area contributed by atoms with Crippen molar-refractivity contribution < 1.29 is 14.7 Å². The normalized spacial score (nSPS) is 11.7. The van der Waals surface area contributed by atoms with Crippen LogP contribution in [0.25, 0.3) is 0 Å². The molecule has 0 bridgehead atoms. The van der Waals surface area contributed by atoms with Crippen molar-refractivity contribution >= 4 is 17.7 Å². The lowest BCUT2D eigenvalue weighted by Gasteiger charge is -2.19. The number of nitrogens with zero attached hydrogens (tertiary/aromatic N) is 1. The summed E-state index contributed by atoms with van der Waals surface area (Å²) in [5, 5.41) is 11.4. The van der Waals surface area contributed by atoms with Crippen molar-refractivity contribution in [1.29, 1.82) is 0 Å². The molecular formula is C14H20N2O3. The van der Waals surface area contributed by atoms with Crippen molar-refractivity contribution in [2.45, 2.75) is 20.3 Å². The first-order valence-electron chi connectivity index (χ1n) is 6.20. The summed E-state index contributed by atoms with van der Waals surface area (Å²) in [6.07, 6.45) is 0.0501. The Hall–Kier alpha value is -2.04. The van der Waals surface area contributed by atoms with Gasteiger partial charge in [-0.1, -0.05) is 24.6 Å². The van der Waals surface area contributed by atoms with E-state index in [1.165, 1.54) is 4.90 Å². The van der Waals surface area contributed by atoms with Gasteiger partial charge in [0.05, 0.1) is 0 Å². The highest BCUT2D eigenvalue weighted by molar-refractivity contribution is 5.91. The number of carbonyl (C=O) groups excluding carboxylic acids is 1. The highest BCUT2D eigenvalue weighted by Gasteiger charge is 2.13. The molecule has 0 saturated carbocycles. The first-order chi connectivity index (χ1) is 8.90.